The fraction of sp³-hybridized carbons (Fsp3) is 0.500. The van der Waals surface area contributed by atoms with Gasteiger partial charge < -0.3 is 10.2 Å². The van der Waals surface area contributed by atoms with Crippen LogP contribution in [0.5, 0.6) is 0 Å². The molecule has 0 radical (unpaired) electrons. The number of ketones is 1. The molecule has 0 saturated carbocycles. The van der Waals surface area contributed by atoms with Gasteiger partial charge >= 0.3 is 0 Å². The van der Waals surface area contributed by atoms with Crippen LogP contribution >= 0.6 is 11.3 Å². The van der Waals surface area contributed by atoms with Crippen molar-refractivity contribution in [2.24, 2.45) is 11.3 Å². The molecule has 0 aliphatic carbocycles. The number of nitrogens with zero attached hydrogens (tertiary/aromatic N) is 5. The second kappa shape index (κ2) is 9.13. The van der Waals surface area contributed by atoms with Crippen molar-refractivity contribution in [2.75, 3.05) is 18.4 Å². The molecule has 3 aromatic rings. The number of carbonyl (C=O) groups excluding carboxylic acids is 2. The second-order valence-corrected chi connectivity index (χ2v) is 11.2. The van der Waals surface area contributed by atoms with E-state index < -0.39 is 0 Å². The summed E-state index contributed by atoms with van der Waals surface area (Å²) in [4.78, 5) is 45.3. The molecule has 4 rings (SSSR count). The number of pyridine rings is 1. The van der Waals surface area contributed by atoms with Crippen LogP contribution < -0.4 is 5.32 Å². The maximum Gasteiger partial charge on any atom is 0.274 e. The summed E-state index contributed by atoms with van der Waals surface area (Å²) in [5.74, 6) is 0.689. The number of aryl methyl sites for hydroxylation is 1. The number of anilines is 1. The Kier molecular flexibility index (Phi) is 6.43. The molecule has 0 bridgehead atoms. The van der Waals surface area contributed by atoms with Crippen molar-refractivity contribution in [2.45, 2.75) is 53.5 Å². The minimum absolute atomic E-state index is 0.0112. The maximum absolute atomic E-state index is 13.3. The van der Waals surface area contributed by atoms with Gasteiger partial charge in [0.05, 0.1) is 16.7 Å². The van der Waals surface area contributed by atoms with Gasteiger partial charge in [0.2, 0.25) is 5.95 Å². The number of hydrogen-bond donors (Lipinski definition) is 1. The molecular formula is C24H30N6O2S. The molecule has 33 heavy (non-hydrogen) atoms. The summed E-state index contributed by atoms with van der Waals surface area (Å²) >= 11 is 1.42. The quantitative estimate of drug-likeness (QED) is 0.550. The Labute approximate surface area is 197 Å². The van der Waals surface area contributed by atoms with Crippen molar-refractivity contribution in [1.29, 1.82) is 0 Å². The second-order valence-electron chi connectivity index (χ2n) is 9.96. The van der Waals surface area contributed by atoms with E-state index in [2.05, 4.69) is 46.0 Å². The Morgan fingerprint density at radius 1 is 1.21 bits per heavy atom. The first-order chi connectivity index (χ1) is 15.6. The first kappa shape index (κ1) is 23.2. The molecule has 8 nitrogen and oxygen atoms in total. The van der Waals surface area contributed by atoms with Gasteiger partial charge in [-0.05, 0) is 31.4 Å². The van der Waals surface area contributed by atoms with Gasteiger partial charge in [-0.25, -0.2) is 9.97 Å². The fourth-order valence-electron chi connectivity index (χ4n) is 4.04. The molecule has 9 heteroatoms. The van der Waals surface area contributed by atoms with E-state index in [9.17, 15) is 9.59 Å². The SMILES string of the molecule is Cc1nc2nc(NC(C)c3ccccn3)nc(C(=O)N3CC(CC(=O)CC(C)(C)C)C3)c2s1. The zero-order valence-corrected chi connectivity index (χ0v) is 20.6. The Morgan fingerprint density at radius 3 is 2.64 bits per heavy atom. The van der Waals surface area contributed by atoms with E-state index in [1.807, 2.05) is 32.0 Å². The van der Waals surface area contributed by atoms with Crippen LogP contribution in [0, 0.1) is 18.3 Å². The van der Waals surface area contributed by atoms with Crippen LogP contribution in [0.3, 0.4) is 0 Å². The number of rotatable bonds is 7. The van der Waals surface area contributed by atoms with Gasteiger partial charge in [0.1, 0.15) is 10.5 Å². The van der Waals surface area contributed by atoms with Crippen molar-refractivity contribution >= 4 is 39.3 Å². The number of nitrogens with one attached hydrogen (secondary N) is 1. The molecule has 1 aliphatic heterocycles. The molecule has 4 heterocycles. The number of likely N-dealkylation sites (tertiary alicyclic amines) is 1. The summed E-state index contributed by atoms with van der Waals surface area (Å²) in [7, 11) is 0. The average Bonchev–Trinajstić information content (AvgIpc) is 3.08. The Balaban J connectivity index is 1.49. The first-order valence-corrected chi connectivity index (χ1v) is 12.0. The third-order valence-electron chi connectivity index (χ3n) is 5.53. The topological polar surface area (TPSA) is 101 Å². The molecular weight excluding hydrogens is 436 g/mol. The summed E-state index contributed by atoms with van der Waals surface area (Å²) < 4.78 is 0.695. The third-order valence-corrected chi connectivity index (χ3v) is 6.50. The highest BCUT2D eigenvalue weighted by Gasteiger charge is 2.35. The van der Waals surface area contributed by atoms with Gasteiger partial charge in [0.15, 0.2) is 11.3 Å². The lowest BCUT2D eigenvalue weighted by molar-refractivity contribution is -0.122. The van der Waals surface area contributed by atoms with Gasteiger partial charge in [-0.3, -0.25) is 14.6 Å². The van der Waals surface area contributed by atoms with Crippen LogP contribution in [0.4, 0.5) is 5.95 Å². The molecule has 1 saturated heterocycles. The highest BCUT2D eigenvalue weighted by molar-refractivity contribution is 7.18. The predicted octanol–water partition coefficient (Wildman–Crippen LogP) is 4.43. The van der Waals surface area contributed by atoms with E-state index >= 15 is 0 Å². The van der Waals surface area contributed by atoms with Crippen LogP contribution in [0.2, 0.25) is 0 Å². The van der Waals surface area contributed by atoms with Crippen molar-refractivity contribution in [3.8, 4) is 0 Å². The number of Topliss-reactive ketones (excluding diaryl/α,β-unsaturated/α-hetero) is 1. The van der Waals surface area contributed by atoms with Gasteiger partial charge in [-0.15, -0.1) is 11.3 Å². The van der Waals surface area contributed by atoms with E-state index in [0.29, 0.717) is 47.9 Å². The lowest BCUT2D eigenvalue weighted by atomic mass is 9.85. The summed E-state index contributed by atoms with van der Waals surface area (Å²) in [6.07, 6.45) is 2.82. The van der Waals surface area contributed by atoms with Gasteiger partial charge in [0, 0.05) is 38.0 Å². The Morgan fingerprint density at radius 2 is 1.97 bits per heavy atom. The Bertz CT molecular complexity index is 1160. The van der Waals surface area contributed by atoms with Crippen LogP contribution in [0.15, 0.2) is 24.4 Å². The fourth-order valence-corrected chi connectivity index (χ4v) is 4.88. The minimum Gasteiger partial charge on any atom is -0.346 e. The minimum atomic E-state index is -0.140. The molecule has 1 unspecified atom stereocenters. The highest BCUT2D eigenvalue weighted by atomic mass is 32.1. The zero-order valence-electron chi connectivity index (χ0n) is 19.8. The smallest absolute Gasteiger partial charge is 0.274 e. The largest absolute Gasteiger partial charge is 0.346 e. The highest BCUT2D eigenvalue weighted by Crippen LogP contribution is 2.30. The van der Waals surface area contributed by atoms with Crippen molar-refractivity contribution in [3.05, 3.63) is 40.8 Å². The van der Waals surface area contributed by atoms with E-state index in [-0.39, 0.29) is 29.1 Å². The van der Waals surface area contributed by atoms with Crippen LogP contribution in [0.1, 0.15) is 67.8 Å². The number of fused-ring (bicyclic) bond motifs is 1. The van der Waals surface area contributed by atoms with E-state index in [0.717, 1.165) is 10.7 Å². The van der Waals surface area contributed by atoms with Crippen LogP contribution in [-0.4, -0.2) is 49.6 Å². The molecule has 174 valence electrons. The molecule has 3 aromatic heterocycles. The molecule has 1 fully saturated rings. The number of thiazole rings is 1. The van der Waals surface area contributed by atoms with Gasteiger partial charge in [0.25, 0.3) is 5.91 Å². The van der Waals surface area contributed by atoms with Crippen molar-refractivity contribution in [1.82, 2.24) is 24.8 Å². The number of aromatic nitrogens is 4. The maximum atomic E-state index is 13.3. The number of carbonyl (C=O) groups is 2. The van der Waals surface area contributed by atoms with E-state index in [1.165, 1.54) is 11.3 Å². The average molecular weight is 467 g/mol. The zero-order chi connectivity index (χ0) is 23.8. The monoisotopic (exact) mass is 466 g/mol. The molecule has 1 amide bonds. The number of amides is 1. The van der Waals surface area contributed by atoms with Crippen molar-refractivity contribution in [3.63, 3.8) is 0 Å². The van der Waals surface area contributed by atoms with Crippen LogP contribution in [-0.2, 0) is 4.79 Å². The standard InChI is InChI=1S/C24H30N6O2S/c1-14(18-8-6-7-9-25-18)26-23-28-19(20-21(29-23)27-15(2)33-20)22(32)30-12-16(13-30)10-17(31)11-24(3,4)5/h6-9,14,16H,10-13H2,1-5H3,(H,26,28,29). The normalized spacial score (nSPS) is 15.4. The van der Waals surface area contributed by atoms with Gasteiger partial charge in [-0.2, -0.15) is 4.98 Å². The molecule has 1 atom stereocenters. The number of hydrogen-bond acceptors (Lipinski definition) is 8. The molecule has 0 aromatic carbocycles. The van der Waals surface area contributed by atoms with Crippen LogP contribution in [0.25, 0.3) is 10.3 Å². The van der Waals surface area contributed by atoms with Crippen molar-refractivity contribution < 1.29 is 9.59 Å². The predicted molar refractivity (Wildman–Crippen MR) is 129 cm³/mol. The molecule has 1 aliphatic rings. The summed E-state index contributed by atoms with van der Waals surface area (Å²) in [5, 5.41) is 4.08. The Hall–Kier alpha value is -2.94. The lowest BCUT2D eigenvalue weighted by Gasteiger charge is -2.39. The lowest BCUT2D eigenvalue weighted by Crippen LogP contribution is -2.50. The van der Waals surface area contributed by atoms with Gasteiger partial charge in [-0.1, -0.05) is 26.8 Å². The first-order valence-electron chi connectivity index (χ1n) is 11.2. The summed E-state index contributed by atoms with van der Waals surface area (Å²) in [6.45, 7) is 11.2. The molecule has 1 N–H and O–H groups in total. The summed E-state index contributed by atoms with van der Waals surface area (Å²) in [6, 6.07) is 5.59. The van der Waals surface area contributed by atoms with E-state index in [4.69, 9.17) is 0 Å². The van der Waals surface area contributed by atoms with E-state index in [1.54, 1.807) is 11.1 Å². The molecule has 0 spiro atoms. The third kappa shape index (κ3) is 5.52. The summed E-state index contributed by atoms with van der Waals surface area (Å²) in [5.41, 5.74) is 1.72.